The fourth-order valence-corrected chi connectivity index (χ4v) is 2.59. The van der Waals surface area contributed by atoms with Gasteiger partial charge in [0.25, 0.3) is 0 Å². The first-order valence-electron chi connectivity index (χ1n) is 6.88. The largest absolute Gasteiger partial charge is 0.377 e. The molecule has 0 amide bonds. The van der Waals surface area contributed by atoms with Crippen LogP contribution in [0.15, 0.2) is 29.5 Å². The van der Waals surface area contributed by atoms with Crippen molar-refractivity contribution in [3.05, 3.63) is 41.5 Å². The van der Waals surface area contributed by atoms with Gasteiger partial charge in [-0.2, -0.15) is 0 Å². The van der Waals surface area contributed by atoms with Crippen molar-refractivity contribution in [2.45, 2.75) is 19.4 Å². The number of rotatable bonds is 2. The van der Waals surface area contributed by atoms with E-state index < -0.39 is 0 Å². The number of nitrogen functional groups attached to an aromatic ring is 1. The van der Waals surface area contributed by atoms with Gasteiger partial charge in [0.1, 0.15) is 0 Å². The maximum absolute atomic E-state index is 5.71. The van der Waals surface area contributed by atoms with Gasteiger partial charge >= 0.3 is 0 Å². The molecule has 1 aliphatic rings. The van der Waals surface area contributed by atoms with E-state index in [1.165, 1.54) is 0 Å². The van der Waals surface area contributed by atoms with Gasteiger partial charge in [0.2, 0.25) is 5.95 Å². The second kappa shape index (κ2) is 5.12. The summed E-state index contributed by atoms with van der Waals surface area (Å²) in [5.74, 6) is 0.255. The Bertz CT molecular complexity index is 707. The molecule has 0 radical (unpaired) electrons. The van der Waals surface area contributed by atoms with Crippen LogP contribution < -0.4 is 10.6 Å². The Morgan fingerprint density at radius 3 is 2.67 bits per heavy atom. The first-order valence-corrected chi connectivity index (χ1v) is 6.88. The lowest BCUT2D eigenvalue weighted by atomic mass is 9.95. The lowest BCUT2D eigenvalue weighted by molar-refractivity contribution is 0.709. The molecule has 1 atom stereocenters. The lowest BCUT2D eigenvalue weighted by Gasteiger charge is -2.25. The molecule has 108 valence electrons. The summed E-state index contributed by atoms with van der Waals surface area (Å²) in [5, 5.41) is 0. The van der Waals surface area contributed by atoms with Gasteiger partial charge in [-0.3, -0.25) is 9.98 Å². The number of hydrogen-bond donors (Lipinski definition) is 1. The first-order chi connectivity index (χ1) is 10.1. The summed E-state index contributed by atoms with van der Waals surface area (Å²) in [6.07, 6.45) is 4.34. The van der Waals surface area contributed by atoms with E-state index in [2.05, 4.69) is 26.8 Å². The van der Waals surface area contributed by atoms with E-state index in [1.807, 2.05) is 32.4 Å². The molecular formula is C15H18N6. The molecule has 6 nitrogen and oxygen atoms in total. The van der Waals surface area contributed by atoms with Crippen LogP contribution in [0.1, 0.15) is 23.9 Å². The number of hydrogen-bond acceptors (Lipinski definition) is 6. The van der Waals surface area contributed by atoms with E-state index in [-0.39, 0.29) is 12.0 Å². The minimum atomic E-state index is 0.175. The van der Waals surface area contributed by atoms with Gasteiger partial charge in [-0.05, 0) is 19.1 Å². The van der Waals surface area contributed by atoms with Gasteiger partial charge in [-0.15, -0.1) is 0 Å². The second-order valence-corrected chi connectivity index (χ2v) is 5.38. The zero-order valence-corrected chi connectivity index (χ0v) is 12.4. The summed E-state index contributed by atoms with van der Waals surface area (Å²) < 4.78 is 0. The standard InChI is InChI=1S/C15H18N6/c1-9-8-11-13(12(21(2)3)5-7-17-11)14(19-9)10-4-6-18-15(16)20-10/h4-7,9H,8H2,1-3H3,(H2,16,18,20). The van der Waals surface area contributed by atoms with E-state index >= 15 is 0 Å². The van der Waals surface area contributed by atoms with Crippen molar-refractivity contribution in [3.8, 4) is 0 Å². The molecule has 0 saturated carbocycles. The highest BCUT2D eigenvalue weighted by atomic mass is 15.1. The van der Waals surface area contributed by atoms with Crippen molar-refractivity contribution in [2.75, 3.05) is 24.7 Å². The van der Waals surface area contributed by atoms with E-state index in [0.29, 0.717) is 0 Å². The summed E-state index contributed by atoms with van der Waals surface area (Å²) >= 11 is 0. The van der Waals surface area contributed by atoms with Crippen molar-refractivity contribution in [2.24, 2.45) is 4.99 Å². The highest BCUT2D eigenvalue weighted by Crippen LogP contribution is 2.29. The number of aromatic nitrogens is 3. The third kappa shape index (κ3) is 2.44. The molecule has 2 aromatic rings. The topological polar surface area (TPSA) is 80.3 Å². The van der Waals surface area contributed by atoms with Gasteiger partial charge in [-0.25, -0.2) is 9.97 Å². The van der Waals surface area contributed by atoms with E-state index in [0.717, 1.165) is 34.8 Å². The monoisotopic (exact) mass is 282 g/mol. The van der Waals surface area contributed by atoms with E-state index in [1.54, 1.807) is 6.20 Å². The summed E-state index contributed by atoms with van der Waals surface area (Å²) in [7, 11) is 4.03. The van der Waals surface area contributed by atoms with Gasteiger partial charge < -0.3 is 10.6 Å². The normalized spacial score (nSPS) is 17.1. The predicted octanol–water partition coefficient (Wildman–Crippen LogP) is 1.30. The van der Waals surface area contributed by atoms with Gasteiger partial charge in [0, 0.05) is 44.2 Å². The summed E-state index contributed by atoms with van der Waals surface area (Å²) in [6.45, 7) is 2.08. The average Bonchev–Trinajstić information content (AvgIpc) is 2.45. The first kappa shape index (κ1) is 13.5. The van der Waals surface area contributed by atoms with E-state index in [9.17, 15) is 0 Å². The summed E-state index contributed by atoms with van der Waals surface area (Å²) in [6, 6.07) is 4.01. The molecule has 0 saturated heterocycles. The number of fused-ring (bicyclic) bond motifs is 1. The summed E-state index contributed by atoms with van der Waals surface area (Å²) in [4.78, 5) is 19.6. The van der Waals surface area contributed by atoms with Crippen molar-refractivity contribution < 1.29 is 0 Å². The van der Waals surface area contributed by atoms with E-state index in [4.69, 9.17) is 10.7 Å². The number of nitrogens with two attached hydrogens (primary N) is 1. The SMILES string of the molecule is CC1Cc2nccc(N(C)C)c2C(c2ccnc(N)n2)=N1. The van der Waals surface area contributed by atoms with Crippen LogP contribution in [-0.2, 0) is 6.42 Å². The predicted molar refractivity (Wildman–Crippen MR) is 83.8 cm³/mol. The molecule has 0 aliphatic carbocycles. The molecule has 0 fully saturated rings. The Kier molecular flexibility index (Phi) is 3.29. The Labute approximate surface area is 123 Å². The Morgan fingerprint density at radius 2 is 1.95 bits per heavy atom. The number of nitrogens with zero attached hydrogens (tertiary/aromatic N) is 5. The Hall–Kier alpha value is -2.50. The molecule has 2 N–H and O–H groups in total. The highest BCUT2D eigenvalue weighted by Gasteiger charge is 2.25. The number of aliphatic imine (C=N–C) groups is 1. The Morgan fingerprint density at radius 1 is 1.19 bits per heavy atom. The van der Waals surface area contributed by atoms with Gasteiger partial charge in [0.15, 0.2) is 0 Å². The molecule has 3 rings (SSSR count). The Balaban J connectivity index is 2.23. The maximum Gasteiger partial charge on any atom is 0.220 e. The minimum absolute atomic E-state index is 0.175. The fourth-order valence-electron chi connectivity index (χ4n) is 2.59. The van der Waals surface area contributed by atoms with Crippen LogP contribution in [0.3, 0.4) is 0 Å². The molecule has 3 heterocycles. The van der Waals surface area contributed by atoms with Crippen LogP contribution >= 0.6 is 0 Å². The van der Waals surface area contributed by atoms with Gasteiger partial charge in [-0.1, -0.05) is 0 Å². The molecule has 0 spiro atoms. The third-order valence-electron chi connectivity index (χ3n) is 3.48. The number of pyridine rings is 1. The molecule has 6 heteroatoms. The van der Waals surface area contributed by atoms with Crippen LogP contribution in [0, 0.1) is 0 Å². The molecule has 1 aliphatic heterocycles. The quantitative estimate of drug-likeness (QED) is 0.898. The van der Waals surface area contributed by atoms with Crippen molar-refractivity contribution >= 4 is 17.3 Å². The smallest absolute Gasteiger partial charge is 0.220 e. The molecular weight excluding hydrogens is 264 g/mol. The zero-order valence-electron chi connectivity index (χ0n) is 12.4. The highest BCUT2D eigenvalue weighted by molar-refractivity contribution is 6.16. The zero-order chi connectivity index (χ0) is 15.0. The second-order valence-electron chi connectivity index (χ2n) is 5.38. The molecule has 2 aromatic heterocycles. The minimum Gasteiger partial charge on any atom is -0.377 e. The summed E-state index contributed by atoms with van der Waals surface area (Å²) in [5.41, 5.74) is 10.5. The van der Waals surface area contributed by atoms with Crippen LogP contribution in [0.4, 0.5) is 11.6 Å². The fraction of sp³-hybridized carbons (Fsp3) is 0.333. The van der Waals surface area contributed by atoms with Crippen LogP contribution in [0.2, 0.25) is 0 Å². The van der Waals surface area contributed by atoms with Crippen LogP contribution in [0.25, 0.3) is 0 Å². The van der Waals surface area contributed by atoms with Crippen LogP contribution in [0.5, 0.6) is 0 Å². The molecule has 0 aromatic carbocycles. The van der Waals surface area contributed by atoms with Crippen LogP contribution in [-0.4, -0.2) is 40.8 Å². The molecule has 0 bridgehead atoms. The average molecular weight is 282 g/mol. The van der Waals surface area contributed by atoms with Gasteiger partial charge in [0.05, 0.1) is 23.1 Å². The molecule has 1 unspecified atom stereocenters. The molecule has 21 heavy (non-hydrogen) atoms. The van der Waals surface area contributed by atoms with Crippen molar-refractivity contribution in [3.63, 3.8) is 0 Å². The lowest BCUT2D eigenvalue weighted by Crippen LogP contribution is -2.25. The van der Waals surface area contributed by atoms with Crippen molar-refractivity contribution in [1.29, 1.82) is 0 Å². The maximum atomic E-state index is 5.71. The van der Waals surface area contributed by atoms with Crippen molar-refractivity contribution in [1.82, 2.24) is 15.0 Å². The third-order valence-corrected chi connectivity index (χ3v) is 3.48. The number of anilines is 2.